The van der Waals surface area contributed by atoms with Gasteiger partial charge in [0, 0.05) is 0 Å². The molecular weight excluding hydrogens is 220 g/mol. The Hall–Kier alpha value is -0.460. The van der Waals surface area contributed by atoms with E-state index in [9.17, 15) is 0 Å². The molecule has 0 aliphatic heterocycles. The SMILES string of the molecule is CCCCCC=COC(CC)CC1CCCCC1. The molecule has 0 aromatic carbocycles. The first-order valence-electron chi connectivity index (χ1n) is 8.17. The van der Waals surface area contributed by atoms with Crippen LogP contribution in [0, 0.1) is 5.92 Å². The second kappa shape index (κ2) is 10.5. The molecule has 1 fully saturated rings. The van der Waals surface area contributed by atoms with Gasteiger partial charge in [-0.1, -0.05) is 58.8 Å². The van der Waals surface area contributed by atoms with Gasteiger partial charge in [-0.2, -0.15) is 0 Å². The van der Waals surface area contributed by atoms with Gasteiger partial charge in [0.2, 0.25) is 0 Å². The summed E-state index contributed by atoms with van der Waals surface area (Å²) >= 11 is 0. The molecule has 0 amide bonds. The van der Waals surface area contributed by atoms with Crippen LogP contribution in [0.1, 0.15) is 84.5 Å². The third kappa shape index (κ3) is 7.08. The third-order valence-electron chi connectivity index (χ3n) is 4.12. The van der Waals surface area contributed by atoms with Gasteiger partial charge in [0.1, 0.15) is 0 Å². The van der Waals surface area contributed by atoms with E-state index in [0.29, 0.717) is 6.10 Å². The summed E-state index contributed by atoms with van der Waals surface area (Å²) in [7, 11) is 0. The van der Waals surface area contributed by atoms with Crippen LogP contribution < -0.4 is 0 Å². The molecule has 0 aromatic heterocycles. The molecule has 1 aliphatic carbocycles. The molecule has 1 nitrogen and oxygen atoms in total. The molecule has 0 bridgehead atoms. The molecule has 0 radical (unpaired) electrons. The predicted octanol–water partition coefficient (Wildman–Crippen LogP) is 5.85. The maximum atomic E-state index is 5.89. The minimum absolute atomic E-state index is 0.454. The zero-order valence-electron chi connectivity index (χ0n) is 12.5. The lowest BCUT2D eigenvalue weighted by Gasteiger charge is -2.25. The van der Waals surface area contributed by atoms with Gasteiger partial charge in [-0.25, -0.2) is 0 Å². The highest BCUT2D eigenvalue weighted by atomic mass is 16.5. The molecule has 0 saturated heterocycles. The number of ether oxygens (including phenoxy) is 1. The maximum absolute atomic E-state index is 5.89. The first kappa shape index (κ1) is 15.6. The van der Waals surface area contributed by atoms with Crippen molar-refractivity contribution in [2.45, 2.75) is 90.6 Å². The fourth-order valence-corrected chi connectivity index (χ4v) is 2.86. The summed E-state index contributed by atoms with van der Waals surface area (Å²) in [6, 6.07) is 0. The van der Waals surface area contributed by atoms with E-state index in [1.165, 1.54) is 64.2 Å². The van der Waals surface area contributed by atoms with Crippen molar-refractivity contribution in [2.75, 3.05) is 0 Å². The van der Waals surface area contributed by atoms with Crippen LogP contribution in [0.5, 0.6) is 0 Å². The summed E-state index contributed by atoms with van der Waals surface area (Å²) in [6.45, 7) is 4.50. The fraction of sp³-hybridized carbons (Fsp3) is 0.882. The van der Waals surface area contributed by atoms with Gasteiger partial charge in [0.15, 0.2) is 0 Å². The molecule has 1 rings (SSSR count). The normalized spacial score (nSPS) is 19.2. The summed E-state index contributed by atoms with van der Waals surface area (Å²) in [5.41, 5.74) is 0. The highest BCUT2D eigenvalue weighted by Gasteiger charge is 2.18. The summed E-state index contributed by atoms with van der Waals surface area (Å²) < 4.78 is 5.89. The van der Waals surface area contributed by atoms with Gasteiger partial charge < -0.3 is 4.74 Å². The van der Waals surface area contributed by atoms with Crippen LogP contribution in [0.15, 0.2) is 12.3 Å². The molecule has 0 N–H and O–H groups in total. The van der Waals surface area contributed by atoms with Crippen molar-refractivity contribution in [2.24, 2.45) is 5.92 Å². The molecule has 18 heavy (non-hydrogen) atoms. The Kier molecular flexibility index (Phi) is 9.06. The number of allylic oxidation sites excluding steroid dienone is 1. The second-order valence-corrected chi connectivity index (χ2v) is 5.77. The van der Waals surface area contributed by atoms with Crippen molar-refractivity contribution in [1.29, 1.82) is 0 Å². The average molecular weight is 252 g/mol. The standard InChI is InChI=1S/C17H32O/c1-3-5-6-7-11-14-18-17(4-2)15-16-12-9-8-10-13-16/h11,14,16-17H,3-10,12-13,15H2,1-2H3. The maximum Gasteiger partial charge on any atom is 0.0978 e. The first-order chi connectivity index (χ1) is 8.86. The molecule has 106 valence electrons. The van der Waals surface area contributed by atoms with Gasteiger partial charge >= 0.3 is 0 Å². The van der Waals surface area contributed by atoms with Gasteiger partial charge in [-0.05, 0) is 37.7 Å². The van der Waals surface area contributed by atoms with E-state index in [-0.39, 0.29) is 0 Å². The molecule has 0 aromatic rings. The smallest absolute Gasteiger partial charge is 0.0978 e. The summed E-state index contributed by atoms with van der Waals surface area (Å²) in [5.74, 6) is 0.928. The van der Waals surface area contributed by atoms with E-state index in [4.69, 9.17) is 4.74 Å². The second-order valence-electron chi connectivity index (χ2n) is 5.77. The van der Waals surface area contributed by atoms with Crippen molar-refractivity contribution in [3.8, 4) is 0 Å². The number of hydrogen-bond acceptors (Lipinski definition) is 1. The van der Waals surface area contributed by atoms with E-state index in [0.717, 1.165) is 12.3 Å². The lowest BCUT2D eigenvalue weighted by atomic mass is 9.85. The van der Waals surface area contributed by atoms with Crippen LogP contribution in [0.4, 0.5) is 0 Å². The Labute approximate surface area is 114 Å². The molecule has 1 atom stereocenters. The Morgan fingerprint density at radius 3 is 2.56 bits per heavy atom. The van der Waals surface area contributed by atoms with Gasteiger partial charge in [-0.15, -0.1) is 0 Å². The quantitative estimate of drug-likeness (QED) is 0.369. The highest BCUT2D eigenvalue weighted by Crippen LogP contribution is 2.28. The van der Waals surface area contributed by atoms with Crippen molar-refractivity contribution in [3.63, 3.8) is 0 Å². The lowest BCUT2D eigenvalue weighted by molar-refractivity contribution is 0.104. The van der Waals surface area contributed by atoms with Crippen LogP contribution in [0.3, 0.4) is 0 Å². The molecule has 0 spiro atoms. The summed E-state index contributed by atoms with van der Waals surface area (Å²) in [5, 5.41) is 0. The van der Waals surface area contributed by atoms with E-state index in [2.05, 4.69) is 19.9 Å². The van der Waals surface area contributed by atoms with Crippen molar-refractivity contribution < 1.29 is 4.74 Å². The zero-order chi connectivity index (χ0) is 13.1. The first-order valence-corrected chi connectivity index (χ1v) is 8.17. The van der Waals surface area contributed by atoms with Crippen LogP contribution in [-0.4, -0.2) is 6.10 Å². The fourth-order valence-electron chi connectivity index (χ4n) is 2.86. The van der Waals surface area contributed by atoms with E-state index in [1.54, 1.807) is 0 Å². The molecule has 1 saturated carbocycles. The van der Waals surface area contributed by atoms with Crippen molar-refractivity contribution >= 4 is 0 Å². The predicted molar refractivity (Wildman–Crippen MR) is 79.6 cm³/mol. The Morgan fingerprint density at radius 1 is 1.11 bits per heavy atom. The molecular formula is C17H32O. The monoisotopic (exact) mass is 252 g/mol. The van der Waals surface area contributed by atoms with Crippen LogP contribution in [-0.2, 0) is 4.74 Å². The van der Waals surface area contributed by atoms with E-state index in [1.807, 2.05) is 6.26 Å². The molecule has 1 unspecified atom stereocenters. The average Bonchev–Trinajstić information content (AvgIpc) is 2.42. The molecule has 0 heterocycles. The lowest BCUT2D eigenvalue weighted by Crippen LogP contribution is -2.17. The van der Waals surface area contributed by atoms with Crippen LogP contribution in [0.2, 0.25) is 0 Å². The van der Waals surface area contributed by atoms with E-state index >= 15 is 0 Å². The Bertz CT molecular complexity index is 204. The van der Waals surface area contributed by atoms with Gasteiger partial charge in [-0.3, -0.25) is 0 Å². The minimum atomic E-state index is 0.454. The minimum Gasteiger partial charge on any atom is -0.498 e. The largest absolute Gasteiger partial charge is 0.498 e. The molecule has 1 aliphatic rings. The van der Waals surface area contributed by atoms with Crippen LogP contribution >= 0.6 is 0 Å². The highest BCUT2D eigenvalue weighted by molar-refractivity contribution is 4.77. The number of rotatable bonds is 9. The summed E-state index contributed by atoms with van der Waals surface area (Å²) in [6.07, 6.45) is 19.3. The molecule has 1 heteroatoms. The third-order valence-corrected chi connectivity index (χ3v) is 4.12. The van der Waals surface area contributed by atoms with Gasteiger partial charge in [0.05, 0.1) is 12.4 Å². The zero-order valence-corrected chi connectivity index (χ0v) is 12.5. The number of hydrogen-bond donors (Lipinski definition) is 0. The number of unbranched alkanes of at least 4 members (excludes halogenated alkanes) is 3. The van der Waals surface area contributed by atoms with E-state index < -0.39 is 0 Å². The topological polar surface area (TPSA) is 9.23 Å². The van der Waals surface area contributed by atoms with Crippen molar-refractivity contribution in [1.82, 2.24) is 0 Å². The van der Waals surface area contributed by atoms with Gasteiger partial charge in [0.25, 0.3) is 0 Å². The van der Waals surface area contributed by atoms with Crippen molar-refractivity contribution in [3.05, 3.63) is 12.3 Å². The summed E-state index contributed by atoms with van der Waals surface area (Å²) in [4.78, 5) is 0. The Balaban J connectivity index is 2.12. The van der Waals surface area contributed by atoms with Crippen LogP contribution in [0.25, 0.3) is 0 Å². The Morgan fingerprint density at radius 2 is 1.89 bits per heavy atom.